The van der Waals surface area contributed by atoms with Crippen molar-refractivity contribution in [1.82, 2.24) is 10.3 Å². The quantitative estimate of drug-likeness (QED) is 0.877. The molecule has 110 valence electrons. The van der Waals surface area contributed by atoms with Crippen molar-refractivity contribution in [3.63, 3.8) is 0 Å². The van der Waals surface area contributed by atoms with Crippen LogP contribution in [0.15, 0.2) is 18.3 Å². The van der Waals surface area contributed by atoms with E-state index < -0.39 is 18.0 Å². The lowest BCUT2D eigenvalue weighted by Crippen LogP contribution is -2.47. The highest BCUT2D eigenvalue weighted by molar-refractivity contribution is 5.65. The van der Waals surface area contributed by atoms with E-state index in [0.717, 1.165) is 18.9 Å². The van der Waals surface area contributed by atoms with Gasteiger partial charge < -0.3 is 15.3 Å². The van der Waals surface area contributed by atoms with E-state index >= 15 is 0 Å². The number of aromatic nitrogens is 1. The third-order valence-electron chi connectivity index (χ3n) is 3.15. The van der Waals surface area contributed by atoms with Crippen LogP contribution in [0.1, 0.15) is 18.5 Å². The van der Waals surface area contributed by atoms with Crippen LogP contribution in [0.2, 0.25) is 0 Å². The van der Waals surface area contributed by atoms with E-state index in [-0.39, 0.29) is 6.04 Å². The fourth-order valence-electron chi connectivity index (χ4n) is 2.24. The second-order valence-corrected chi connectivity index (χ2v) is 4.63. The molecule has 0 aromatic carbocycles. The number of halogens is 3. The molecule has 0 aliphatic carbocycles. The molecule has 1 amide bonds. The minimum atomic E-state index is -4.45. The summed E-state index contributed by atoms with van der Waals surface area (Å²) in [4.78, 5) is 15.8. The van der Waals surface area contributed by atoms with Crippen LogP contribution in [0.25, 0.3) is 0 Å². The SMILES string of the molecule is O=C(O)NC1CCCN(c2ccc(C(F)(F)F)nc2)C1. The van der Waals surface area contributed by atoms with Gasteiger partial charge in [0.1, 0.15) is 5.69 Å². The summed E-state index contributed by atoms with van der Waals surface area (Å²) in [6, 6.07) is 2.08. The molecule has 20 heavy (non-hydrogen) atoms. The topological polar surface area (TPSA) is 65.5 Å². The first-order valence-corrected chi connectivity index (χ1v) is 6.14. The number of piperidine rings is 1. The Morgan fingerprint density at radius 1 is 1.45 bits per heavy atom. The van der Waals surface area contributed by atoms with Gasteiger partial charge in [0.2, 0.25) is 0 Å². The van der Waals surface area contributed by atoms with Crippen molar-refractivity contribution in [1.29, 1.82) is 0 Å². The van der Waals surface area contributed by atoms with Crippen molar-refractivity contribution >= 4 is 11.8 Å². The van der Waals surface area contributed by atoms with Crippen molar-refractivity contribution in [3.05, 3.63) is 24.0 Å². The molecule has 1 aliphatic heterocycles. The minimum Gasteiger partial charge on any atom is -0.465 e. The fraction of sp³-hybridized carbons (Fsp3) is 0.500. The number of nitrogens with one attached hydrogen (secondary N) is 1. The summed E-state index contributed by atoms with van der Waals surface area (Å²) >= 11 is 0. The third kappa shape index (κ3) is 3.52. The van der Waals surface area contributed by atoms with Crippen LogP contribution in [-0.4, -0.2) is 35.3 Å². The Labute approximate surface area is 113 Å². The lowest BCUT2D eigenvalue weighted by atomic mass is 10.1. The number of rotatable bonds is 2. The molecule has 0 radical (unpaired) electrons. The van der Waals surface area contributed by atoms with Gasteiger partial charge in [-0.1, -0.05) is 0 Å². The second-order valence-electron chi connectivity index (χ2n) is 4.63. The van der Waals surface area contributed by atoms with E-state index in [9.17, 15) is 18.0 Å². The first-order chi connectivity index (χ1) is 9.36. The molecular formula is C12H14F3N3O2. The lowest BCUT2D eigenvalue weighted by molar-refractivity contribution is -0.141. The van der Waals surface area contributed by atoms with Crippen molar-refractivity contribution in [2.24, 2.45) is 0 Å². The smallest absolute Gasteiger partial charge is 0.433 e. The Balaban J connectivity index is 2.05. The number of pyridine rings is 1. The van der Waals surface area contributed by atoms with Gasteiger partial charge in [-0.15, -0.1) is 0 Å². The zero-order valence-corrected chi connectivity index (χ0v) is 10.5. The minimum absolute atomic E-state index is 0.219. The van der Waals surface area contributed by atoms with Gasteiger partial charge in [-0.25, -0.2) is 9.78 Å². The molecule has 1 fully saturated rings. The predicted molar refractivity (Wildman–Crippen MR) is 65.6 cm³/mol. The second kappa shape index (κ2) is 5.56. The van der Waals surface area contributed by atoms with Gasteiger partial charge in [0.15, 0.2) is 0 Å². The monoisotopic (exact) mass is 289 g/mol. The Morgan fingerprint density at radius 2 is 2.20 bits per heavy atom. The van der Waals surface area contributed by atoms with Gasteiger partial charge in [0.05, 0.1) is 11.9 Å². The van der Waals surface area contributed by atoms with Gasteiger partial charge in [-0.3, -0.25) is 0 Å². The number of anilines is 1. The molecule has 1 aliphatic rings. The summed E-state index contributed by atoms with van der Waals surface area (Å²) < 4.78 is 37.2. The van der Waals surface area contributed by atoms with Gasteiger partial charge in [0.25, 0.3) is 0 Å². The maximum Gasteiger partial charge on any atom is 0.433 e. The van der Waals surface area contributed by atoms with Crippen LogP contribution >= 0.6 is 0 Å². The molecule has 1 aromatic rings. The highest BCUT2D eigenvalue weighted by Gasteiger charge is 2.32. The number of carbonyl (C=O) groups is 1. The van der Waals surface area contributed by atoms with Crippen molar-refractivity contribution < 1.29 is 23.1 Å². The van der Waals surface area contributed by atoms with E-state index in [0.29, 0.717) is 18.8 Å². The average molecular weight is 289 g/mol. The molecule has 8 heteroatoms. The molecule has 1 unspecified atom stereocenters. The number of carboxylic acid groups (broad SMARTS) is 1. The van der Waals surface area contributed by atoms with Crippen molar-refractivity contribution in [2.45, 2.75) is 25.1 Å². The van der Waals surface area contributed by atoms with Crippen molar-refractivity contribution in [3.8, 4) is 0 Å². The van der Waals surface area contributed by atoms with Gasteiger partial charge in [0, 0.05) is 19.1 Å². The Bertz CT molecular complexity index is 476. The summed E-state index contributed by atoms with van der Waals surface area (Å²) in [5.74, 6) is 0. The number of nitrogens with zero attached hydrogens (tertiary/aromatic N) is 2. The van der Waals surface area contributed by atoms with Crippen molar-refractivity contribution in [2.75, 3.05) is 18.0 Å². The number of hydrogen-bond acceptors (Lipinski definition) is 3. The molecule has 2 rings (SSSR count). The third-order valence-corrected chi connectivity index (χ3v) is 3.15. The summed E-state index contributed by atoms with van der Waals surface area (Å²) in [6.45, 7) is 1.10. The first kappa shape index (κ1) is 14.4. The molecule has 0 spiro atoms. The van der Waals surface area contributed by atoms with Crippen LogP contribution in [-0.2, 0) is 6.18 Å². The Morgan fingerprint density at radius 3 is 2.75 bits per heavy atom. The van der Waals surface area contributed by atoms with Crippen LogP contribution in [0.4, 0.5) is 23.7 Å². The summed E-state index contributed by atoms with van der Waals surface area (Å²) in [7, 11) is 0. The average Bonchev–Trinajstić information content (AvgIpc) is 2.37. The molecule has 1 atom stereocenters. The van der Waals surface area contributed by atoms with E-state index in [4.69, 9.17) is 5.11 Å². The Hall–Kier alpha value is -1.99. The zero-order valence-electron chi connectivity index (χ0n) is 10.5. The Kier molecular flexibility index (Phi) is 4.01. The van der Waals surface area contributed by atoms with E-state index in [1.165, 1.54) is 12.3 Å². The molecule has 1 aromatic heterocycles. The maximum absolute atomic E-state index is 12.4. The predicted octanol–water partition coefficient (Wildman–Crippen LogP) is 2.34. The number of amides is 1. The summed E-state index contributed by atoms with van der Waals surface area (Å²) in [6.07, 6.45) is -2.88. The molecule has 0 bridgehead atoms. The zero-order chi connectivity index (χ0) is 14.8. The molecule has 2 N–H and O–H groups in total. The largest absolute Gasteiger partial charge is 0.465 e. The number of hydrogen-bond donors (Lipinski definition) is 2. The molecule has 1 saturated heterocycles. The van der Waals surface area contributed by atoms with Crippen LogP contribution in [0.5, 0.6) is 0 Å². The first-order valence-electron chi connectivity index (χ1n) is 6.14. The van der Waals surface area contributed by atoms with E-state index in [1.54, 1.807) is 0 Å². The summed E-state index contributed by atoms with van der Waals surface area (Å²) in [5.41, 5.74) is -0.367. The van der Waals surface area contributed by atoms with Gasteiger partial charge in [-0.05, 0) is 25.0 Å². The molecule has 0 saturated carbocycles. The van der Waals surface area contributed by atoms with Gasteiger partial charge in [-0.2, -0.15) is 13.2 Å². The van der Waals surface area contributed by atoms with E-state index in [1.807, 2.05) is 4.90 Å². The lowest BCUT2D eigenvalue weighted by Gasteiger charge is -2.34. The molecule has 2 heterocycles. The fourth-order valence-corrected chi connectivity index (χ4v) is 2.24. The highest BCUT2D eigenvalue weighted by atomic mass is 19.4. The standard InChI is InChI=1S/C12H14F3N3O2/c13-12(14,15)10-4-3-9(6-16-10)18-5-1-2-8(7-18)17-11(19)20/h3-4,6,8,17H,1-2,5,7H2,(H,19,20). The van der Waals surface area contributed by atoms with E-state index in [2.05, 4.69) is 10.3 Å². The highest BCUT2D eigenvalue weighted by Crippen LogP contribution is 2.29. The van der Waals surface area contributed by atoms with Crippen LogP contribution in [0, 0.1) is 0 Å². The molecule has 5 nitrogen and oxygen atoms in total. The van der Waals surface area contributed by atoms with Crippen LogP contribution < -0.4 is 10.2 Å². The van der Waals surface area contributed by atoms with Crippen LogP contribution in [0.3, 0.4) is 0 Å². The maximum atomic E-state index is 12.4. The molecular weight excluding hydrogens is 275 g/mol. The normalized spacial score (nSPS) is 19.8. The number of alkyl halides is 3. The van der Waals surface area contributed by atoms with Gasteiger partial charge >= 0.3 is 12.3 Å². The summed E-state index contributed by atoms with van der Waals surface area (Å²) in [5, 5.41) is 11.1.